The lowest BCUT2D eigenvalue weighted by Crippen LogP contribution is -1.99. The SMILES string of the molecule is CCc1ccc(CC(O)c2occc2Br)s1. The largest absolute Gasteiger partial charge is 0.465 e. The molecular weight excluding hydrogens is 288 g/mol. The fourth-order valence-electron chi connectivity index (χ4n) is 1.55. The van der Waals surface area contributed by atoms with Crippen molar-refractivity contribution < 1.29 is 9.52 Å². The van der Waals surface area contributed by atoms with Gasteiger partial charge in [0.1, 0.15) is 11.9 Å². The van der Waals surface area contributed by atoms with E-state index in [0.717, 1.165) is 10.9 Å². The number of hydrogen-bond donors (Lipinski definition) is 1. The molecule has 1 N–H and O–H groups in total. The van der Waals surface area contributed by atoms with Gasteiger partial charge in [0.05, 0.1) is 10.7 Å². The summed E-state index contributed by atoms with van der Waals surface area (Å²) in [5.41, 5.74) is 0. The van der Waals surface area contributed by atoms with Gasteiger partial charge in [-0.2, -0.15) is 0 Å². The topological polar surface area (TPSA) is 33.4 Å². The molecule has 0 saturated heterocycles. The quantitative estimate of drug-likeness (QED) is 0.928. The average molecular weight is 301 g/mol. The summed E-state index contributed by atoms with van der Waals surface area (Å²) < 4.78 is 6.07. The molecule has 2 aromatic heterocycles. The van der Waals surface area contributed by atoms with Crippen molar-refractivity contribution in [3.8, 4) is 0 Å². The molecule has 4 heteroatoms. The average Bonchev–Trinajstić information content (AvgIpc) is 2.86. The zero-order chi connectivity index (χ0) is 11.5. The normalized spacial score (nSPS) is 12.9. The maximum atomic E-state index is 10.0. The molecule has 2 aromatic rings. The maximum absolute atomic E-state index is 10.0. The number of furan rings is 1. The molecule has 1 atom stereocenters. The lowest BCUT2D eigenvalue weighted by molar-refractivity contribution is 0.150. The highest BCUT2D eigenvalue weighted by Gasteiger charge is 2.16. The van der Waals surface area contributed by atoms with Crippen LogP contribution in [0.25, 0.3) is 0 Å². The minimum absolute atomic E-state index is 0.576. The van der Waals surface area contributed by atoms with Crippen LogP contribution in [0.5, 0.6) is 0 Å². The van der Waals surface area contributed by atoms with Crippen LogP contribution in [0.15, 0.2) is 33.4 Å². The first kappa shape index (κ1) is 11.9. The number of thiophene rings is 1. The summed E-state index contributed by atoms with van der Waals surface area (Å²) in [4.78, 5) is 2.54. The van der Waals surface area contributed by atoms with Crippen LogP contribution in [-0.4, -0.2) is 5.11 Å². The van der Waals surface area contributed by atoms with Crippen LogP contribution in [0, 0.1) is 0 Å². The Labute approximate surface area is 107 Å². The molecule has 0 spiro atoms. The van der Waals surface area contributed by atoms with Crippen molar-refractivity contribution in [2.75, 3.05) is 0 Å². The molecule has 0 amide bonds. The van der Waals surface area contributed by atoms with E-state index in [4.69, 9.17) is 4.42 Å². The third-order valence-corrected chi connectivity index (χ3v) is 4.31. The van der Waals surface area contributed by atoms with E-state index in [-0.39, 0.29) is 0 Å². The molecule has 2 rings (SSSR count). The molecule has 16 heavy (non-hydrogen) atoms. The standard InChI is InChI=1S/C12H13BrO2S/c1-2-8-3-4-9(16-8)7-11(14)12-10(13)5-6-15-12/h3-6,11,14H,2,7H2,1H3. The second-order valence-electron chi connectivity index (χ2n) is 3.57. The van der Waals surface area contributed by atoms with Gasteiger partial charge in [-0.3, -0.25) is 0 Å². The van der Waals surface area contributed by atoms with Gasteiger partial charge < -0.3 is 9.52 Å². The molecule has 0 aliphatic heterocycles. The van der Waals surface area contributed by atoms with E-state index < -0.39 is 6.10 Å². The number of aliphatic hydroxyl groups is 1. The lowest BCUT2D eigenvalue weighted by atomic mass is 10.2. The number of aliphatic hydroxyl groups excluding tert-OH is 1. The summed E-state index contributed by atoms with van der Waals surface area (Å²) in [5.74, 6) is 0.603. The fourth-order valence-corrected chi connectivity index (χ4v) is 3.01. The molecule has 2 heterocycles. The first-order chi connectivity index (χ1) is 7.70. The van der Waals surface area contributed by atoms with E-state index in [1.54, 1.807) is 23.7 Å². The Bertz CT molecular complexity index is 461. The molecule has 0 radical (unpaired) electrons. The van der Waals surface area contributed by atoms with E-state index in [9.17, 15) is 5.11 Å². The molecule has 0 fully saturated rings. The number of rotatable bonds is 4. The van der Waals surface area contributed by atoms with Gasteiger partial charge >= 0.3 is 0 Å². The first-order valence-corrected chi connectivity index (χ1v) is 6.80. The van der Waals surface area contributed by atoms with Crippen molar-refractivity contribution in [2.45, 2.75) is 25.9 Å². The van der Waals surface area contributed by atoms with Crippen molar-refractivity contribution in [1.82, 2.24) is 0 Å². The first-order valence-electron chi connectivity index (χ1n) is 5.19. The van der Waals surface area contributed by atoms with Crippen molar-refractivity contribution in [3.63, 3.8) is 0 Å². The van der Waals surface area contributed by atoms with E-state index in [1.807, 2.05) is 0 Å². The van der Waals surface area contributed by atoms with Crippen LogP contribution in [0.2, 0.25) is 0 Å². The summed E-state index contributed by atoms with van der Waals surface area (Å²) in [5, 5.41) is 10.0. The molecule has 86 valence electrons. The van der Waals surface area contributed by atoms with Gasteiger partial charge in [0.2, 0.25) is 0 Å². The van der Waals surface area contributed by atoms with E-state index in [2.05, 4.69) is 35.0 Å². The molecule has 0 bridgehead atoms. The Balaban J connectivity index is 2.07. The summed E-state index contributed by atoms with van der Waals surface area (Å²) >= 11 is 5.10. The number of hydrogen-bond acceptors (Lipinski definition) is 3. The Morgan fingerprint density at radius 3 is 2.69 bits per heavy atom. The predicted octanol–water partition coefficient (Wildman–Crippen LogP) is 3.94. The summed E-state index contributed by atoms with van der Waals surface area (Å²) in [6.45, 7) is 2.13. The van der Waals surface area contributed by atoms with E-state index >= 15 is 0 Å². The van der Waals surface area contributed by atoms with Crippen molar-refractivity contribution in [3.05, 3.63) is 44.4 Å². The van der Waals surface area contributed by atoms with Gasteiger partial charge in [0, 0.05) is 16.2 Å². The Morgan fingerprint density at radius 2 is 2.12 bits per heavy atom. The summed E-state index contributed by atoms with van der Waals surface area (Å²) in [6, 6.07) is 5.98. The monoisotopic (exact) mass is 300 g/mol. The van der Waals surface area contributed by atoms with Gasteiger partial charge in [-0.25, -0.2) is 0 Å². The molecule has 1 unspecified atom stereocenters. The second kappa shape index (κ2) is 5.17. The molecule has 0 saturated carbocycles. The molecule has 2 nitrogen and oxygen atoms in total. The van der Waals surface area contributed by atoms with Gasteiger partial charge in [0.15, 0.2) is 0 Å². The Hall–Kier alpha value is -0.580. The van der Waals surface area contributed by atoms with Crippen LogP contribution in [-0.2, 0) is 12.8 Å². The molecule has 0 aromatic carbocycles. The molecule has 0 aliphatic carbocycles. The fraction of sp³-hybridized carbons (Fsp3) is 0.333. The molecular formula is C12H13BrO2S. The minimum atomic E-state index is -0.576. The number of halogens is 1. The summed E-state index contributed by atoms with van der Waals surface area (Å²) in [7, 11) is 0. The van der Waals surface area contributed by atoms with Gasteiger partial charge in [-0.1, -0.05) is 6.92 Å². The third kappa shape index (κ3) is 2.56. The van der Waals surface area contributed by atoms with Crippen LogP contribution >= 0.6 is 27.3 Å². The van der Waals surface area contributed by atoms with Crippen LogP contribution in [0.3, 0.4) is 0 Å². The highest BCUT2D eigenvalue weighted by Crippen LogP contribution is 2.29. The van der Waals surface area contributed by atoms with Gasteiger partial charge in [-0.05, 0) is 40.5 Å². The highest BCUT2D eigenvalue weighted by molar-refractivity contribution is 9.10. The van der Waals surface area contributed by atoms with E-state index in [0.29, 0.717) is 12.2 Å². The maximum Gasteiger partial charge on any atom is 0.146 e. The van der Waals surface area contributed by atoms with Gasteiger partial charge in [0.25, 0.3) is 0 Å². The van der Waals surface area contributed by atoms with Crippen molar-refractivity contribution in [2.24, 2.45) is 0 Å². The van der Waals surface area contributed by atoms with Crippen LogP contribution < -0.4 is 0 Å². The Kier molecular flexibility index (Phi) is 3.84. The van der Waals surface area contributed by atoms with Crippen molar-refractivity contribution in [1.29, 1.82) is 0 Å². The zero-order valence-corrected chi connectivity index (χ0v) is 11.3. The number of aryl methyl sites for hydroxylation is 1. The zero-order valence-electron chi connectivity index (χ0n) is 8.94. The van der Waals surface area contributed by atoms with Crippen molar-refractivity contribution >= 4 is 27.3 Å². The minimum Gasteiger partial charge on any atom is -0.465 e. The lowest BCUT2D eigenvalue weighted by Gasteiger charge is -2.06. The third-order valence-electron chi connectivity index (χ3n) is 2.41. The van der Waals surface area contributed by atoms with E-state index in [1.165, 1.54) is 9.75 Å². The smallest absolute Gasteiger partial charge is 0.146 e. The van der Waals surface area contributed by atoms with Crippen LogP contribution in [0.1, 0.15) is 28.5 Å². The second-order valence-corrected chi connectivity index (χ2v) is 5.68. The Morgan fingerprint density at radius 1 is 1.38 bits per heavy atom. The predicted molar refractivity (Wildman–Crippen MR) is 68.8 cm³/mol. The summed E-state index contributed by atoms with van der Waals surface area (Å²) in [6.07, 6.45) is 2.66. The highest BCUT2D eigenvalue weighted by atomic mass is 79.9. The molecule has 0 aliphatic rings. The van der Waals surface area contributed by atoms with Crippen LogP contribution in [0.4, 0.5) is 0 Å². The van der Waals surface area contributed by atoms with Gasteiger partial charge in [-0.15, -0.1) is 11.3 Å².